The Morgan fingerprint density at radius 2 is 1.80 bits per heavy atom. The van der Waals surface area contributed by atoms with E-state index in [1.165, 1.54) is 36.8 Å². The highest BCUT2D eigenvalue weighted by Crippen LogP contribution is 2.42. The molecule has 0 aliphatic heterocycles. The largest absolute Gasteiger partial charge is 0.329 e. The molecule has 0 bridgehead atoms. The molecule has 20 heavy (non-hydrogen) atoms. The van der Waals surface area contributed by atoms with Gasteiger partial charge in [-0.25, -0.2) is 0 Å². The van der Waals surface area contributed by atoms with E-state index in [1.807, 2.05) is 0 Å². The maximum atomic E-state index is 6.17. The molecule has 1 aliphatic rings. The Hall–Kier alpha value is -0.860. The third-order valence-corrected chi connectivity index (χ3v) is 5.23. The summed E-state index contributed by atoms with van der Waals surface area (Å²) in [6, 6.07) is 8.82. The van der Waals surface area contributed by atoms with Crippen molar-refractivity contribution in [3.8, 4) is 0 Å². The fraction of sp³-hybridized carbons (Fsp3) is 0.667. The van der Waals surface area contributed by atoms with E-state index in [1.54, 1.807) is 0 Å². The van der Waals surface area contributed by atoms with E-state index >= 15 is 0 Å². The molecule has 2 nitrogen and oxygen atoms in total. The van der Waals surface area contributed by atoms with Gasteiger partial charge in [0.25, 0.3) is 0 Å². The number of benzene rings is 1. The van der Waals surface area contributed by atoms with Crippen molar-refractivity contribution in [2.75, 3.05) is 13.6 Å². The van der Waals surface area contributed by atoms with E-state index in [2.05, 4.69) is 57.0 Å². The van der Waals surface area contributed by atoms with E-state index in [0.29, 0.717) is 5.41 Å². The lowest BCUT2D eigenvalue weighted by Gasteiger charge is -2.48. The molecule has 1 fully saturated rings. The van der Waals surface area contributed by atoms with Crippen LogP contribution in [0.4, 0.5) is 0 Å². The van der Waals surface area contributed by atoms with Gasteiger partial charge in [0.05, 0.1) is 0 Å². The van der Waals surface area contributed by atoms with Gasteiger partial charge in [0.15, 0.2) is 0 Å². The van der Waals surface area contributed by atoms with Crippen molar-refractivity contribution < 1.29 is 0 Å². The fourth-order valence-electron chi connectivity index (χ4n) is 3.39. The number of rotatable bonds is 4. The fourth-order valence-corrected chi connectivity index (χ4v) is 3.39. The van der Waals surface area contributed by atoms with Crippen molar-refractivity contribution in [1.82, 2.24) is 4.90 Å². The molecular weight excluding hydrogens is 244 g/mol. The Labute approximate surface area is 124 Å². The maximum Gasteiger partial charge on any atom is 0.0332 e. The van der Waals surface area contributed by atoms with Gasteiger partial charge < -0.3 is 5.73 Å². The number of nitrogens with two attached hydrogens (primary N) is 1. The first kappa shape index (κ1) is 15.5. The number of aryl methyl sites for hydroxylation is 1. The van der Waals surface area contributed by atoms with Crippen LogP contribution in [0.1, 0.15) is 50.7 Å². The lowest BCUT2D eigenvalue weighted by atomic mass is 9.68. The summed E-state index contributed by atoms with van der Waals surface area (Å²) in [6.45, 7) is 8.69. The third-order valence-electron chi connectivity index (χ3n) is 5.23. The SMILES string of the molecule is Cc1cccc(CN(C)C2(CN)CCC(C)(C)CC2)c1. The summed E-state index contributed by atoms with van der Waals surface area (Å²) in [6.07, 6.45) is 5.00. The molecule has 2 N–H and O–H groups in total. The second-order valence-electron chi connectivity index (χ2n) is 7.44. The molecule has 0 radical (unpaired) electrons. The zero-order valence-corrected chi connectivity index (χ0v) is 13.6. The topological polar surface area (TPSA) is 29.3 Å². The zero-order chi connectivity index (χ0) is 14.8. The molecule has 112 valence electrons. The van der Waals surface area contributed by atoms with Gasteiger partial charge in [-0.2, -0.15) is 0 Å². The van der Waals surface area contributed by atoms with Gasteiger partial charge in [-0.15, -0.1) is 0 Å². The van der Waals surface area contributed by atoms with Crippen LogP contribution in [0, 0.1) is 12.3 Å². The van der Waals surface area contributed by atoms with Gasteiger partial charge in [-0.3, -0.25) is 4.90 Å². The van der Waals surface area contributed by atoms with Crippen molar-refractivity contribution in [3.05, 3.63) is 35.4 Å². The van der Waals surface area contributed by atoms with Crippen LogP contribution in [0.5, 0.6) is 0 Å². The molecule has 1 saturated carbocycles. The highest BCUT2D eigenvalue weighted by molar-refractivity contribution is 5.22. The minimum Gasteiger partial charge on any atom is -0.329 e. The van der Waals surface area contributed by atoms with E-state index < -0.39 is 0 Å². The Kier molecular flexibility index (Phi) is 4.55. The number of likely N-dealkylation sites (N-methyl/N-ethyl adjacent to an activating group) is 1. The van der Waals surface area contributed by atoms with Gasteiger partial charge in [-0.05, 0) is 50.6 Å². The van der Waals surface area contributed by atoms with Gasteiger partial charge >= 0.3 is 0 Å². The molecule has 0 spiro atoms. The first-order valence-corrected chi connectivity index (χ1v) is 7.84. The monoisotopic (exact) mass is 274 g/mol. The molecule has 0 saturated heterocycles. The van der Waals surface area contributed by atoms with Crippen LogP contribution in [0.2, 0.25) is 0 Å². The molecule has 0 amide bonds. The van der Waals surface area contributed by atoms with Crippen LogP contribution >= 0.6 is 0 Å². The Bertz CT molecular complexity index is 440. The van der Waals surface area contributed by atoms with Crippen LogP contribution in [0.25, 0.3) is 0 Å². The molecule has 0 heterocycles. The second-order valence-corrected chi connectivity index (χ2v) is 7.44. The summed E-state index contributed by atoms with van der Waals surface area (Å²) in [7, 11) is 2.24. The average molecular weight is 274 g/mol. The molecule has 1 aromatic rings. The predicted octanol–water partition coefficient (Wildman–Crippen LogP) is 3.72. The summed E-state index contributed by atoms with van der Waals surface area (Å²) in [5.41, 5.74) is 9.58. The first-order chi connectivity index (χ1) is 9.37. The predicted molar refractivity (Wildman–Crippen MR) is 86.7 cm³/mol. The van der Waals surface area contributed by atoms with Gasteiger partial charge in [0.1, 0.15) is 0 Å². The Morgan fingerprint density at radius 1 is 1.15 bits per heavy atom. The van der Waals surface area contributed by atoms with E-state index in [9.17, 15) is 0 Å². The van der Waals surface area contributed by atoms with Gasteiger partial charge in [-0.1, -0.05) is 43.7 Å². The summed E-state index contributed by atoms with van der Waals surface area (Å²) in [5.74, 6) is 0. The summed E-state index contributed by atoms with van der Waals surface area (Å²) < 4.78 is 0. The average Bonchev–Trinajstić information content (AvgIpc) is 2.39. The quantitative estimate of drug-likeness (QED) is 0.906. The normalized spacial score (nSPS) is 21.1. The standard InChI is InChI=1S/C18H30N2/c1-15-6-5-7-16(12-15)13-20(4)18(14-19)10-8-17(2,3)9-11-18/h5-7,12H,8-11,13-14,19H2,1-4H3. The lowest BCUT2D eigenvalue weighted by Crippen LogP contribution is -2.54. The summed E-state index contributed by atoms with van der Waals surface area (Å²) in [4.78, 5) is 2.50. The van der Waals surface area contributed by atoms with Crippen LogP contribution in [-0.2, 0) is 6.54 Å². The van der Waals surface area contributed by atoms with Crippen LogP contribution in [-0.4, -0.2) is 24.0 Å². The number of hydrogen-bond donors (Lipinski definition) is 1. The number of nitrogens with zero attached hydrogens (tertiary/aromatic N) is 1. The van der Waals surface area contributed by atoms with Gasteiger partial charge in [0.2, 0.25) is 0 Å². The van der Waals surface area contributed by atoms with Gasteiger partial charge in [0, 0.05) is 18.6 Å². The highest BCUT2D eigenvalue weighted by atomic mass is 15.2. The van der Waals surface area contributed by atoms with Crippen molar-refractivity contribution >= 4 is 0 Å². The third kappa shape index (κ3) is 3.42. The molecule has 0 aromatic heterocycles. The molecule has 1 aliphatic carbocycles. The second kappa shape index (κ2) is 5.87. The molecule has 2 rings (SSSR count). The smallest absolute Gasteiger partial charge is 0.0332 e. The molecular formula is C18H30N2. The molecule has 1 aromatic carbocycles. The highest BCUT2D eigenvalue weighted by Gasteiger charge is 2.40. The Morgan fingerprint density at radius 3 is 2.35 bits per heavy atom. The van der Waals surface area contributed by atoms with Crippen LogP contribution in [0.15, 0.2) is 24.3 Å². The van der Waals surface area contributed by atoms with E-state index in [0.717, 1.165) is 13.1 Å². The summed E-state index contributed by atoms with van der Waals surface area (Å²) >= 11 is 0. The lowest BCUT2D eigenvalue weighted by molar-refractivity contribution is 0.0364. The van der Waals surface area contributed by atoms with Crippen molar-refractivity contribution in [1.29, 1.82) is 0 Å². The van der Waals surface area contributed by atoms with Crippen molar-refractivity contribution in [3.63, 3.8) is 0 Å². The molecule has 0 unspecified atom stereocenters. The Balaban J connectivity index is 2.08. The zero-order valence-electron chi connectivity index (χ0n) is 13.6. The van der Waals surface area contributed by atoms with Crippen molar-refractivity contribution in [2.24, 2.45) is 11.1 Å². The molecule has 0 atom stereocenters. The minimum absolute atomic E-state index is 0.194. The summed E-state index contributed by atoms with van der Waals surface area (Å²) in [5, 5.41) is 0. The number of hydrogen-bond acceptors (Lipinski definition) is 2. The van der Waals surface area contributed by atoms with Crippen LogP contribution in [0.3, 0.4) is 0 Å². The van der Waals surface area contributed by atoms with E-state index in [-0.39, 0.29) is 5.54 Å². The van der Waals surface area contributed by atoms with Crippen molar-refractivity contribution in [2.45, 2.75) is 58.5 Å². The maximum absolute atomic E-state index is 6.17. The van der Waals surface area contributed by atoms with Crippen LogP contribution < -0.4 is 5.73 Å². The first-order valence-electron chi connectivity index (χ1n) is 7.84. The van der Waals surface area contributed by atoms with E-state index in [4.69, 9.17) is 5.73 Å². The minimum atomic E-state index is 0.194. The molecule has 2 heteroatoms.